The minimum Gasteiger partial charge on any atom is -0.444 e. The standard InChI is InChI=1S/C32H51N6O7P/c1-8-22(4)17-34-27(39)19-46(43,44)28(14-21(2)3)38-30(41)26(16-24-18-33-20-35-24)36-29(40)25(15-23-12-10-9-11-13-23)37-31(42)45-32(5,6)7/h9-13,18,20-22,25-26,28H,8,14-17,19H2,1-7H3,(H,33,35)(H,34,39)(H,36,40)(H,37,42)(H,38,41)(H,43,44)/p+1/t22-,25-,26-,28+/m0/s1. The van der Waals surface area contributed by atoms with Crippen molar-refractivity contribution in [2.75, 3.05) is 12.7 Å². The number of benzene rings is 1. The number of amides is 4. The largest absolute Gasteiger partial charge is 0.444 e. The Bertz CT molecular complexity index is 1310. The SMILES string of the molecule is CC[C@H](C)CNC(=O)CP(=O)(O)[C@H](CC(C)C)NC(=O)[C@H](Cc1c[nH+]c[nH]1)NC(=O)[C@H](Cc1ccccc1)NC(=O)OC(C)(C)C. The Morgan fingerprint density at radius 1 is 0.978 bits per heavy atom. The van der Waals surface area contributed by atoms with Gasteiger partial charge in [0.2, 0.25) is 31.4 Å². The molecule has 0 radical (unpaired) electrons. The molecule has 0 aliphatic rings. The summed E-state index contributed by atoms with van der Waals surface area (Å²) in [6.45, 7) is 13.1. The van der Waals surface area contributed by atoms with Crippen molar-refractivity contribution in [2.45, 2.75) is 97.6 Å². The highest BCUT2D eigenvalue weighted by Gasteiger charge is 2.37. The van der Waals surface area contributed by atoms with Crippen LogP contribution < -0.4 is 26.3 Å². The van der Waals surface area contributed by atoms with Crippen molar-refractivity contribution in [3.8, 4) is 0 Å². The monoisotopic (exact) mass is 663 g/mol. The Labute approximate surface area is 271 Å². The van der Waals surface area contributed by atoms with E-state index >= 15 is 0 Å². The van der Waals surface area contributed by atoms with Crippen molar-refractivity contribution in [3.63, 3.8) is 0 Å². The molecule has 0 spiro atoms. The Hall–Kier alpha value is -3.70. The van der Waals surface area contributed by atoms with Crippen LogP contribution in [0.5, 0.6) is 0 Å². The van der Waals surface area contributed by atoms with Crippen LogP contribution in [0, 0.1) is 11.8 Å². The van der Waals surface area contributed by atoms with Crippen LogP contribution in [0.3, 0.4) is 0 Å². The fourth-order valence-electron chi connectivity index (χ4n) is 4.49. The van der Waals surface area contributed by atoms with Gasteiger partial charge in [0.1, 0.15) is 41.5 Å². The molecule has 46 heavy (non-hydrogen) atoms. The molecule has 0 fully saturated rings. The lowest BCUT2D eigenvalue weighted by atomic mass is 10.0. The van der Waals surface area contributed by atoms with Gasteiger partial charge in [0.05, 0.1) is 0 Å². The minimum absolute atomic E-state index is 0.00505. The molecule has 0 bridgehead atoms. The van der Waals surface area contributed by atoms with E-state index in [1.54, 1.807) is 33.3 Å². The molecule has 256 valence electrons. The van der Waals surface area contributed by atoms with Gasteiger partial charge in [-0.05, 0) is 44.6 Å². The number of H-pyrrole nitrogens is 2. The second-order valence-electron chi connectivity index (χ2n) is 13.2. The van der Waals surface area contributed by atoms with Gasteiger partial charge in [-0.15, -0.1) is 0 Å². The van der Waals surface area contributed by atoms with Gasteiger partial charge >= 0.3 is 6.09 Å². The molecule has 13 nitrogen and oxygen atoms in total. The maximum atomic E-state index is 13.8. The molecule has 2 aromatic rings. The molecule has 0 aliphatic carbocycles. The fraction of sp³-hybridized carbons (Fsp3) is 0.594. The van der Waals surface area contributed by atoms with Crippen LogP contribution in [0.2, 0.25) is 0 Å². The summed E-state index contributed by atoms with van der Waals surface area (Å²) in [5.74, 6) is -3.05. The van der Waals surface area contributed by atoms with Crippen LogP contribution in [0.1, 0.15) is 72.6 Å². The number of imidazole rings is 1. The summed E-state index contributed by atoms with van der Waals surface area (Å²) in [6, 6.07) is 6.76. The number of aromatic amines is 2. The first-order valence-corrected chi connectivity index (χ1v) is 17.7. The number of rotatable bonds is 17. The lowest BCUT2D eigenvalue weighted by Gasteiger charge is -2.28. The van der Waals surface area contributed by atoms with Crippen molar-refractivity contribution in [3.05, 3.63) is 54.1 Å². The zero-order valence-corrected chi connectivity index (χ0v) is 28.9. The molecule has 14 heteroatoms. The van der Waals surface area contributed by atoms with Crippen LogP contribution in [-0.4, -0.2) is 69.9 Å². The molecule has 5 atom stereocenters. The maximum absolute atomic E-state index is 13.8. The second-order valence-corrected chi connectivity index (χ2v) is 15.6. The first kappa shape index (κ1) is 38.5. The average molecular weight is 664 g/mol. The van der Waals surface area contributed by atoms with Gasteiger partial charge in [0.15, 0.2) is 0 Å². The third-order valence-electron chi connectivity index (χ3n) is 7.15. The van der Waals surface area contributed by atoms with Crippen LogP contribution in [-0.2, 0) is 36.5 Å². The second kappa shape index (κ2) is 17.9. The summed E-state index contributed by atoms with van der Waals surface area (Å²) in [5, 5.41) is 10.7. The molecule has 1 aromatic carbocycles. The molecular formula is C32H52N6O7P+. The van der Waals surface area contributed by atoms with Crippen molar-refractivity contribution in [1.29, 1.82) is 0 Å². The summed E-state index contributed by atoms with van der Waals surface area (Å²) >= 11 is 0. The van der Waals surface area contributed by atoms with E-state index in [1.165, 1.54) is 0 Å². The molecule has 0 saturated heterocycles. The number of aromatic nitrogens is 2. The molecule has 1 unspecified atom stereocenters. The number of hydrogen-bond donors (Lipinski definition) is 6. The third-order valence-corrected chi connectivity index (χ3v) is 9.21. The smallest absolute Gasteiger partial charge is 0.408 e. The van der Waals surface area contributed by atoms with Crippen molar-refractivity contribution in [2.24, 2.45) is 11.8 Å². The lowest BCUT2D eigenvalue weighted by Crippen LogP contribution is -2.56. The molecule has 4 amide bonds. The molecule has 0 saturated carbocycles. The van der Waals surface area contributed by atoms with Gasteiger partial charge in [-0.2, -0.15) is 0 Å². The van der Waals surface area contributed by atoms with Gasteiger partial charge in [-0.1, -0.05) is 64.4 Å². The summed E-state index contributed by atoms with van der Waals surface area (Å²) in [4.78, 5) is 69.6. The summed E-state index contributed by atoms with van der Waals surface area (Å²) in [6.07, 6.45) is 2.82. The molecule has 1 heterocycles. The Balaban J connectivity index is 2.31. The summed E-state index contributed by atoms with van der Waals surface area (Å²) in [7, 11) is -4.23. The minimum atomic E-state index is -4.23. The highest BCUT2D eigenvalue weighted by molar-refractivity contribution is 7.59. The predicted molar refractivity (Wildman–Crippen MR) is 175 cm³/mol. The number of ether oxygens (including phenoxy) is 1. The van der Waals surface area contributed by atoms with Gasteiger partial charge in [0.25, 0.3) is 0 Å². The van der Waals surface area contributed by atoms with E-state index in [4.69, 9.17) is 4.74 Å². The maximum Gasteiger partial charge on any atom is 0.408 e. The zero-order valence-electron chi connectivity index (χ0n) is 28.0. The fourth-order valence-corrected chi connectivity index (χ4v) is 6.31. The van der Waals surface area contributed by atoms with Crippen molar-refractivity contribution < 1.29 is 38.4 Å². The molecular weight excluding hydrogens is 611 g/mol. The topological polar surface area (TPSA) is 193 Å². The normalized spacial score (nSPS) is 15.5. The van der Waals surface area contributed by atoms with Crippen molar-refractivity contribution in [1.82, 2.24) is 26.3 Å². The highest BCUT2D eigenvalue weighted by Crippen LogP contribution is 2.47. The Kier molecular flexibility index (Phi) is 14.9. The van der Waals surface area contributed by atoms with Crippen LogP contribution in [0.4, 0.5) is 4.79 Å². The number of alkyl carbamates (subject to hydrolysis) is 1. The van der Waals surface area contributed by atoms with Gasteiger partial charge in [-0.25, -0.2) is 9.78 Å². The number of carbonyl (C=O) groups is 4. The summed E-state index contributed by atoms with van der Waals surface area (Å²) < 4.78 is 18.9. The predicted octanol–water partition coefficient (Wildman–Crippen LogP) is 2.91. The molecule has 2 rings (SSSR count). The first-order valence-electron chi connectivity index (χ1n) is 15.7. The quantitative estimate of drug-likeness (QED) is 0.140. The summed E-state index contributed by atoms with van der Waals surface area (Å²) in [5.41, 5.74) is 0.542. The van der Waals surface area contributed by atoms with Gasteiger partial charge in [-0.3, -0.25) is 23.9 Å². The van der Waals surface area contributed by atoms with E-state index in [2.05, 4.69) is 31.2 Å². The van der Waals surface area contributed by atoms with Gasteiger partial charge < -0.3 is 30.9 Å². The first-order chi connectivity index (χ1) is 21.5. The van der Waals surface area contributed by atoms with E-state index in [9.17, 15) is 28.6 Å². The molecule has 0 aliphatic heterocycles. The molecule has 1 aromatic heterocycles. The van der Waals surface area contributed by atoms with Crippen LogP contribution in [0.15, 0.2) is 42.9 Å². The van der Waals surface area contributed by atoms with E-state index in [1.807, 2.05) is 58.0 Å². The van der Waals surface area contributed by atoms with Crippen molar-refractivity contribution >= 4 is 31.2 Å². The zero-order chi connectivity index (χ0) is 34.5. The van der Waals surface area contributed by atoms with E-state index in [-0.39, 0.29) is 31.1 Å². The molecule has 7 N–H and O–H groups in total. The number of carbonyl (C=O) groups excluding carboxylic acids is 4. The third kappa shape index (κ3) is 14.2. The van der Waals surface area contributed by atoms with E-state index in [0.717, 1.165) is 12.0 Å². The average Bonchev–Trinajstić information content (AvgIpc) is 3.47. The number of nitrogens with one attached hydrogen (secondary N) is 6. The lowest BCUT2D eigenvalue weighted by molar-refractivity contribution is -0.376. The van der Waals surface area contributed by atoms with Crippen LogP contribution >= 0.6 is 7.37 Å². The Morgan fingerprint density at radius 3 is 2.17 bits per heavy atom. The Morgan fingerprint density at radius 2 is 1.61 bits per heavy atom. The van der Waals surface area contributed by atoms with E-state index in [0.29, 0.717) is 12.2 Å². The van der Waals surface area contributed by atoms with Crippen LogP contribution in [0.25, 0.3) is 0 Å². The van der Waals surface area contributed by atoms with Gasteiger partial charge in [0, 0.05) is 19.4 Å². The van der Waals surface area contributed by atoms with E-state index < -0.39 is 60.8 Å². The number of hydrogen-bond acceptors (Lipinski definition) is 6. The highest BCUT2D eigenvalue weighted by atomic mass is 31.2.